The number of ether oxygens (including phenoxy) is 1. The summed E-state index contributed by atoms with van der Waals surface area (Å²) in [5, 5.41) is 2.23. The zero-order valence-electron chi connectivity index (χ0n) is 45.1. The van der Waals surface area contributed by atoms with Crippen LogP contribution < -0.4 is 14.5 Å². The summed E-state index contributed by atoms with van der Waals surface area (Å²) in [6.45, 7) is 34.4. The molecule has 2 aromatic heterocycles. The van der Waals surface area contributed by atoms with Crippen LogP contribution >= 0.6 is 0 Å². The molecule has 0 atom stereocenters. The average Bonchev–Trinajstić information content (AvgIpc) is 3.88. The Morgan fingerprint density at radius 1 is 0.466 bits per heavy atom. The van der Waals surface area contributed by atoms with Crippen LogP contribution in [0.1, 0.15) is 130 Å². The van der Waals surface area contributed by atoms with Crippen molar-refractivity contribution in [3.8, 4) is 28.4 Å². The van der Waals surface area contributed by atoms with Crippen LogP contribution in [0, 0.1) is 18.8 Å². The molecule has 0 unspecified atom stereocenters. The van der Waals surface area contributed by atoms with E-state index >= 15 is 0 Å². The first-order valence-electron chi connectivity index (χ1n) is 25.5. The first kappa shape index (κ1) is 51.5. The van der Waals surface area contributed by atoms with Crippen molar-refractivity contribution in [2.75, 3.05) is 9.80 Å². The molecule has 376 valence electrons. The van der Waals surface area contributed by atoms with Gasteiger partial charge in [0.1, 0.15) is 5.82 Å². The van der Waals surface area contributed by atoms with E-state index in [9.17, 15) is 0 Å². The van der Waals surface area contributed by atoms with Gasteiger partial charge in [-0.05, 0) is 114 Å². The van der Waals surface area contributed by atoms with Gasteiger partial charge in [-0.1, -0.05) is 181 Å². The van der Waals surface area contributed by atoms with Gasteiger partial charge in [0.05, 0.1) is 0 Å². The topological polar surface area (TPSA) is 33.5 Å². The minimum Gasteiger partial charge on any atom is -0.509 e. The number of pyridine rings is 1. The molecule has 1 aliphatic heterocycles. The summed E-state index contributed by atoms with van der Waals surface area (Å²) < 4.78 is 9.09. The van der Waals surface area contributed by atoms with Gasteiger partial charge in [0.25, 0.3) is 0 Å². The number of nitrogens with zero attached hydrogens (tertiary/aromatic N) is 4. The van der Waals surface area contributed by atoms with Crippen molar-refractivity contribution in [3.05, 3.63) is 210 Å². The average molecular weight is 1140 g/mol. The molecule has 0 N–H and O–H groups in total. The third-order valence-corrected chi connectivity index (χ3v) is 14.6. The molecule has 0 saturated heterocycles. The van der Waals surface area contributed by atoms with Gasteiger partial charge in [-0.2, -0.15) is 12.1 Å². The van der Waals surface area contributed by atoms with Gasteiger partial charge in [0, 0.05) is 66.8 Å². The largest absolute Gasteiger partial charge is 0.509 e. The van der Waals surface area contributed by atoms with Crippen LogP contribution in [0.4, 0.5) is 22.7 Å². The quantitative estimate of drug-likeness (QED) is 0.142. The second kappa shape index (κ2) is 18.8. The summed E-state index contributed by atoms with van der Waals surface area (Å²) in [6, 6.07) is 62.4. The van der Waals surface area contributed by atoms with Crippen molar-refractivity contribution < 1.29 is 25.8 Å². The third kappa shape index (κ3) is 9.91. The van der Waals surface area contributed by atoms with E-state index in [1.165, 1.54) is 44.5 Å². The van der Waals surface area contributed by atoms with E-state index in [0.29, 0.717) is 11.5 Å². The van der Waals surface area contributed by atoms with Crippen LogP contribution in [0.2, 0.25) is 0 Å². The predicted octanol–water partition coefficient (Wildman–Crippen LogP) is 18.2. The van der Waals surface area contributed by atoms with Crippen LogP contribution in [0.25, 0.3) is 38.8 Å². The minimum absolute atomic E-state index is 0. The zero-order valence-corrected chi connectivity index (χ0v) is 47.4. The maximum absolute atomic E-state index is 6.85. The number of hydrogen-bond acceptors (Lipinski definition) is 4. The fraction of sp³-hybridized carbons (Fsp3) is 0.284. The van der Waals surface area contributed by atoms with Crippen molar-refractivity contribution in [2.45, 2.75) is 124 Å². The number of aromatic nitrogens is 2. The Hall–Kier alpha value is -6.42. The molecule has 10 rings (SSSR count). The monoisotopic (exact) mass is 1140 g/mol. The fourth-order valence-corrected chi connectivity index (χ4v) is 10.2. The number of hydrogen-bond donors (Lipinski definition) is 0. The Morgan fingerprint density at radius 3 is 1.74 bits per heavy atom. The molecule has 6 heteroatoms. The van der Waals surface area contributed by atoms with E-state index in [0.717, 1.165) is 50.4 Å². The Kier molecular flexibility index (Phi) is 13.3. The van der Waals surface area contributed by atoms with Gasteiger partial charge in [-0.15, -0.1) is 48.1 Å². The van der Waals surface area contributed by atoms with Crippen LogP contribution in [0.15, 0.2) is 158 Å². The van der Waals surface area contributed by atoms with E-state index in [4.69, 9.17) is 9.72 Å². The standard InChI is InChI=1S/C67H69N4O.Pt/c1-63(2,3)47-32-33-68-62(38-47)71-58-31-28-48(67(13,14)46-24-19-16-20-25-46)37-55(58)54-30-29-53(40-59(54)71)72-52-27-21-26-50(39-52)69-43-70(61-42-57(66(10,11)12)56(41-60(61)69)65(7,8)9)51-35-45(44-22-17-15-18-23-44)34-49(36-51)64(4,5)6;/h15-38,41-43H,1-14H3;/q-3;. The molecule has 0 saturated carbocycles. The van der Waals surface area contributed by atoms with Crippen molar-refractivity contribution >= 4 is 44.6 Å². The summed E-state index contributed by atoms with van der Waals surface area (Å²) in [5.41, 5.74) is 15.7. The van der Waals surface area contributed by atoms with Crippen LogP contribution in [0.3, 0.4) is 0 Å². The molecule has 1 aliphatic rings. The van der Waals surface area contributed by atoms with E-state index < -0.39 is 0 Å². The fourth-order valence-electron chi connectivity index (χ4n) is 10.2. The molecule has 0 spiro atoms. The molecule has 7 aromatic carbocycles. The second-order valence-electron chi connectivity index (χ2n) is 24.4. The van der Waals surface area contributed by atoms with E-state index in [-0.39, 0.29) is 48.1 Å². The molecule has 0 fully saturated rings. The molecular weight excluding hydrogens is 1070 g/mol. The van der Waals surface area contributed by atoms with E-state index in [1.54, 1.807) is 0 Å². The Balaban J connectivity index is 0.00000656. The Labute approximate surface area is 449 Å². The molecule has 0 radical (unpaired) electrons. The van der Waals surface area contributed by atoms with Crippen molar-refractivity contribution in [2.24, 2.45) is 0 Å². The maximum atomic E-state index is 6.85. The maximum Gasteiger partial charge on any atom is 0.135 e. The second-order valence-corrected chi connectivity index (χ2v) is 24.4. The van der Waals surface area contributed by atoms with Gasteiger partial charge in [-0.25, -0.2) is 4.98 Å². The number of rotatable bonds is 8. The van der Waals surface area contributed by atoms with Crippen LogP contribution in [-0.4, -0.2) is 9.55 Å². The summed E-state index contributed by atoms with van der Waals surface area (Å²) in [4.78, 5) is 9.64. The van der Waals surface area contributed by atoms with Gasteiger partial charge in [0.15, 0.2) is 0 Å². The normalized spacial score (nSPS) is 13.4. The number of fused-ring (bicyclic) bond motifs is 4. The van der Waals surface area contributed by atoms with Gasteiger partial charge in [0.2, 0.25) is 0 Å². The third-order valence-electron chi connectivity index (χ3n) is 14.6. The van der Waals surface area contributed by atoms with Gasteiger partial charge >= 0.3 is 0 Å². The van der Waals surface area contributed by atoms with Crippen LogP contribution in [0.5, 0.6) is 11.5 Å². The van der Waals surface area contributed by atoms with Gasteiger partial charge < -0.3 is 19.1 Å². The first-order chi connectivity index (χ1) is 33.9. The minimum atomic E-state index is -0.211. The van der Waals surface area contributed by atoms with Crippen molar-refractivity contribution in [1.82, 2.24) is 9.55 Å². The Bertz CT molecular complexity index is 3490. The SMILES string of the molecule is CC(C)(C)c1cc(-c2ccccc2)cc(N2[CH-]N(c3[c-]c(Oc4[c-]c5c(cc4)c4cc(C(C)(C)c6ccccc6)ccc4n5-c4cc(C(C)(C)C)ccn4)ccc3)c3cc(C(C)(C)C)c(C(C)(C)C)cc32)c1.[Pt]. The molecule has 9 aromatic rings. The number of anilines is 4. The molecule has 0 amide bonds. The van der Waals surface area contributed by atoms with Crippen molar-refractivity contribution in [1.29, 1.82) is 0 Å². The predicted molar refractivity (Wildman–Crippen MR) is 303 cm³/mol. The van der Waals surface area contributed by atoms with E-state index in [1.807, 2.05) is 18.3 Å². The summed E-state index contributed by atoms with van der Waals surface area (Å²) in [5.74, 6) is 2.05. The summed E-state index contributed by atoms with van der Waals surface area (Å²) >= 11 is 0. The molecule has 5 nitrogen and oxygen atoms in total. The number of benzene rings is 7. The smallest absolute Gasteiger partial charge is 0.135 e. The van der Waals surface area contributed by atoms with E-state index in [2.05, 4.69) is 270 Å². The molecular formula is C67H69N4OPt-3. The first-order valence-corrected chi connectivity index (χ1v) is 25.5. The zero-order chi connectivity index (χ0) is 51.1. The molecule has 3 heterocycles. The van der Waals surface area contributed by atoms with Crippen LogP contribution in [-0.2, 0) is 48.1 Å². The summed E-state index contributed by atoms with van der Waals surface area (Å²) in [7, 11) is 0. The Morgan fingerprint density at radius 2 is 1.10 bits per heavy atom. The molecule has 0 bridgehead atoms. The molecule has 0 aliphatic carbocycles. The molecule has 73 heavy (non-hydrogen) atoms. The van der Waals surface area contributed by atoms with Gasteiger partial charge in [-0.3, -0.25) is 0 Å². The van der Waals surface area contributed by atoms with Crippen molar-refractivity contribution in [3.63, 3.8) is 0 Å². The summed E-state index contributed by atoms with van der Waals surface area (Å²) in [6.07, 6.45) is 1.92.